The van der Waals surface area contributed by atoms with Crippen molar-refractivity contribution in [3.05, 3.63) is 0 Å². The molecule has 19 heavy (non-hydrogen) atoms. The molecule has 0 aromatic carbocycles. The van der Waals surface area contributed by atoms with Gasteiger partial charge in [-0.1, -0.05) is 13.8 Å². The van der Waals surface area contributed by atoms with Crippen molar-refractivity contribution in [1.29, 1.82) is 0 Å². The van der Waals surface area contributed by atoms with Crippen molar-refractivity contribution in [3.63, 3.8) is 0 Å². The van der Waals surface area contributed by atoms with E-state index in [9.17, 15) is 0 Å². The lowest BCUT2D eigenvalue weighted by Gasteiger charge is -2.48. The first-order valence-electron chi connectivity index (χ1n) is 7.90. The van der Waals surface area contributed by atoms with Gasteiger partial charge < -0.3 is 15.5 Å². The summed E-state index contributed by atoms with van der Waals surface area (Å²) in [6.07, 6.45) is 3.67. The highest BCUT2D eigenvalue weighted by Crippen LogP contribution is 2.28. The lowest BCUT2D eigenvalue weighted by atomic mass is 9.85. The molecule has 0 unspecified atom stereocenters. The normalized spacial score (nSPS) is 20.4. The molecule has 1 heterocycles. The lowest BCUT2D eigenvalue weighted by molar-refractivity contribution is 0.0242. The van der Waals surface area contributed by atoms with Crippen LogP contribution in [0, 0.1) is 0 Å². The summed E-state index contributed by atoms with van der Waals surface area (Å²) in [7, 11) is 4.30. The van der Waals surface area contributed by atoms with E-state index in [4.69, 9.17) is 5.73 Å². The third-order valence-corrected chi connectivity index (χ3v) is 4.60. The Morgan fingerprint density at radius 2 is 1.68 bits per heavy atom. The van der Waals surface area contributed by atoms with Crippen LogP contribution in [0.25, 0.3) is 0 Å². The summed E-state index contributed by atoms with van der Waals surface area (Å²) in [5, 5.41) is 0. The van der Waals surface area contributed by atoms with Gasteiger partial charge in [0.2, 0.25) is 0 Å². The van der Waals surface area contributed by atoms with Gasteiger partial charge in [-0.15, -0.1) is 0 Å². The Morgan fingerprint density at radius 3 is 2.11 bits per heavy atom. The molecule has 4 heteroatoms. The molecule has 0 aliphatic carbocycles. The topological polar surface area (TPSA) is 35.7 Å². The summed E-state index contributed by atoms with van der Waals surface area (Å²) in [6.45, 7) is 12.4. The van der Waals surface area contributed by atoms with Crippen LogP contribution in [0.4, 0.5) is 0 Å². The summed E-state index contributed by atoms with van der Waals surface area (Å²) >= 11 is 0. The quantitative estimate of drug-likeness (QED) is 0.716. The molecule has 114 valence electrons. The molecule has 0 aromatic heterocycles. The number of rotatable bonds is 8. The first kappa shape index (κ1) is 16.9. The molecule has 0 radical (unpaired) electrons. The smallest absolute Gasteiger partial charge is 0.0356 e. The third-order valence-electron chi connectivity index (χ3n) is 4.60. The van der Waals surface area contributed by atoms with E-state index in [0.717, 1.165) is 19.6 Å². The molecular weight excluding hydrogens is 236 g/mol. The van der Waals surface area contributed by atoms with E-state index in [-0.39, 0.29) is 5.54 Å². The average molecular weight is 270 g/mol. The second-order valence-electron chi connectivity index (χ2n) is 6.15. The second-order valence-corrected chi connectivity index (χ2v) is 6.15. The zero-order chi connectivity index (χ0) is 14.3. The molecule has 0 amide bonds. The Balaban J connectivity index is 2.66. The monoisotopic (exact) mass is 270 g/mol. The minimum atomic E-state index is 0.248. The van der Waals surface area contributed by atoms with Crippen LogP contribution in [0.3, 0.4) is 0 Å². The van der Waals surface area contributed by atoms with Crippen LogP contribution in [-0.2, 0) is 0 Å². The van der Waals surface area contributed by atoms with Gasteiger partial charge in [-0.05, 0) is 59.5 Å². The van der Waals surface area contributed by atoms with E-state index in [0.29, 0.717) is 0 Å². The number of hydrogen-bond acceptors (Lipinski definition) is 4. The Labute approximate surface area is 119 Å². The lowest BCUT2D eigenvalue weighted by Crippen LogP contribution is -2.60. The van der Waals surface area contributed by atoms with Crippen LogP contribution in [0.1, 0.15) is 33.1 Å². The van der Waals surface area contributed by atoms with Gasteiger partial charge in [0.1, 0.15) is 0 Å². The van der Waals surface area contributed by atoms with E-state index in [1.807, 2.05) is 0 Å². The van der Waals surface area contributed by atoms with E-state index >= 15 is 0 Å². The van der Waals surface area contributed by atoms with Crippen LogP contribution in [-0.4, -0.2) is 80.1 Å². The minimum Gasteiger partial charge on any atom is -0.329 e. The molecule has 1 fully saturated rings. The molecule has 4 nitrogen and oxygen atoms in total. The van der Waals surface area contributed by atoms with E-state index in [1.54, 1.807) is 0 Å². The van der Waals surface area contributed by atoms with E-state index in [1.165, 1.54) is 45.4 Å². The van der Waals surface area contributed by atoms with Crippen molar-refractivity contribution in [2.24, 2.45) is 5.73 Å². The second kappa shape index (κ2) is 8.20. The van der Waals surface area contributed by atoms with Crippen molar-refractivity contribution < 1.29 is 0 Å². The highest BCUT2D eigenvalue weighted by Gasteiger charge is 2.37. The molecule has 0 atom stereocenters. The molecule has 0 saturated carbocycles. The Kier molecular flexibility index (Phi) is 7.29. The zero-order valence-corrected chi connectivity index (χ0v) is 13.5. The van der Waals surface area contributed by atoms with Crippen LogP contribution in [0.15, 0.2) is 0 Å². The summed E-state index contributed by atoms with van der Waals surface area (Å²) in [5.74, 6) is 0. The van der Waals surface area contributed by atoms with Crippen molar-refractivity contribution in [2.45, 2.75) is 38.6 Å². The molecule has 1 rings (SSSR count). The fourth-order valence-corrected chi connectivity index (χ4v) is 3.11. The first-order chi connectivity index (χ1) is 9.07. The van der Waals surface area contributed by atoms with Crippen LogP contribution >= 0.6 is 0 Å². The fraction of sp³-hybridized carbons (Fsp3) is 1.00. The van der Waals surface area contributed by atoms with Gasteiger partial charge in [0.05, 0.1) is 0 Å². The number of nitrogens with two attached hydrogens (primary N) is 1. The van der Waals surface area contributed by atoms with Gasteiger partial charge >= 0.3 is 0 Å². The van der Waals surface area contributed by atoms with Crippen molar-refractivity contribution in [2.75, 3.05) is 59.9 Å². The van der Waals surface area contributed by atoms with Gasteiger partial charge in [-0.3, -0.25) is 4.90 Å². The molecule has 2 N–H and O–H groups in total. The average Bonchev–Trinajstić information content (AvgIpc) is 2.43. The standard InChI is InChI=1S/C15H34N4/c1-5-9-19(13-12-17(3)4)15(14-16)7-10-18(6-2)11-8-15/h5-14,16H2,1-4H3. The number of hydrogen-bond donors (Lipinski definition) is 1. The highest BCUT2D eigenvalue weighted by atomic mass is 15.3. The molecule has 1 aliphatic rings. The Morgan fingerprint density at radius 1 is 1.05 bits per heavy atom. The SMILES string of the molecule is CCCN(CCN(C)C)C1(CN)CCN(CC)CC1. The predicted molar refractivity (Wildman–Crippen MR) is 83.6 cm³/mol. The van der Waals surface area contributed by atoms with Gasteiger partial charge in [-0.2, -0.15) is 0 Å². The largest absolute Gasteiger partial charge is 0.329 e. The molecule has 0 aromatic rings. The number of likely N-dealkylation sites (N-methyl/N-ethyl adjacent to an activating group) is 1. The van der Waals surface area contributed by atoms with E-state index < -0.39 is 0 Å². The van der Waals surface area contributed by atoms with Crippen LogP contribution in [0.2, 0.25) is 0 Å². The molecule has 0 spiro atoms. The third kappa shape index (κ3) is 4.71. The van der Waals surface area contributed by atoms with Crippen molar-refractivity contribution in [3.8, 4) is 0 Å². The van der Waals surface area contributed by atoms with Crippen LogP contribution < -0.4 is 5.73 Å². The maximum absolute atomic E-state index is 6.19. The van der Waals surface area contributed by atoms with Crippen LogP contribution in [0.5, 0.6) is 0 Å². The molecule has 0 bridgehead atoms. The summed E-state index contributed by atoms with van der Waals surface area (Å²) in [6, 6.07) is 0. The highest BCUT2D eigenvalue weighted by molar-refractivity contribution is 4.96. The van der Waals surface area contributed by atoms with Gasteiger partial charge in [-0.25, -0.2) is 0 Å². The summed E-state index contributed by atoms with van der Waals surface area (Å²) in [5.41, 5.74) is 6.44. The van der Waals surface area contributed by atoms with Crippen molar-refractivity contribution in [1.82, 2.24) is 14.7 Å². The predicted octanol–water partition coefficient (Wildman–Crippen LogP) is 1.07. The fourth-order valence-electron chi connectivity index (χ4n) is 3.11. The van der Waals surface area contributed by atoms with Gasteiger partial charge in [0.25, 0.3) is 0 Å². The maximum Gasteiger partial charge on any atom is 0.0356 e. The van der Waals surface area contributed by atoms with E-state index in [2.05, 4.69) is 42.6 Å². The first-order valence-corrected chi connectivity index (χ1v) is 7.90. The molecule has 1 aliphatic heterocycles. The Bertz CT molecular complexity index is 234. The summed E-state index contributed by atoms with van der Waals surface area (Å²) < 4.78 is 0. The van der Waals surface area contributed by atoms with Gasteiger partial charge in [0.15, 0.2) is 0 Å². The minimum absolute atomic E-state index is 0.248. The number of nitrogens with zero attached hydrogens (tertiary/aromatic N) is 3. The molecule has 1 saturated heterocycles. The van der Waals surface area contributed by atoms with Gasteiger partial charge in [0, 0.05) is 25.2 Å². The Hall–Kier alpha value is -0.160. The zero-order valence-electron chi connectivity index (χ0n) is 13.5. The number of likely N-dealkylation sites (tertiary alicyclic amines) is 1. The molecular formula is C15H34N4. The number of piperidine rings is 1. The summed E-state index contributed by atoms with van der Waals surface area (Å²) in [4.78, 5) is 7.48. The van der Waals surface area contributed by atoms with Crippen molar-refractivity contribution >= 4 is 0 Å². The maximum atomic E-state index is 6.19.